The molecule has 2 heterocycles. The van der Waals surface area contributed by atoms with Crippen molar-refractivity contribution in [2.24, 2.45) is 0 Å². The molecule has 1 aliphatic carbocycles. The Bertz CT molecular complexity index is 1020. The molecule has 26 heavy (non-hydrogen) atoms. The highest BCUT2D eigenvalue weighted by Crippen LogP contribution is 2.37. The van der Waals surface area contributed by atoms with Crippen molar-refractivity contribution >= 4 is 39.1 Å². The minimum atomic E-state index is -0.174. The molecule has 0 N–H and O–H groups in total. The molecule has 0 aliphatic heterocycles. The highest BCUT2D eigenvalue weighted by Gasteiger charge is 2.22. The van der Waals surface area contributed by atoms with Gasteiger partial charge in [-0.15, -0.1) is 11.3 Å². The van der Waals surface area contributed by atoms with Gasteiger partial charge in [0.05, 0.1) is 5.25 Å². The third-order valence-corrected chi connectivity index (χ3v) is 7.34. The predicted molar refractivity (Wildman–Crippen MR) is 110 cm³/mol. The molecule has 0 saturated heterocycles. The fourth-order valence-corrected chi connectivity index (χ4v) is 5.85. The van der Waals surface area contributed by atoms with E-state index in [0.29, 0.717) is 0 Å². The van der Waals surface area contributed by atoms with Crippen LogP contribution < -0.4 is 0 Å². The first kappa shape index (κ1) is 17.7. The lowest BCUT2D eigenvalue weighted by Crippen LogP contribution is -2.14. The van der Waals surface area contributed by atoms with Crippen LogP contribution in [0.25, 0.3) is 10.2 Å². The fraction of sp³-hybridized carbons (Fsp3) is 0.381. The number of rotatable bonds is 4. The van der Waals surface area contributed by atoms with Gasteiger partial charge >= 0.3 is 0 Å². The predicted octanol–water partition coefficient (Wildman–Crippen LogP) is 5.47. The van der Waals surface area contributed by atoms with Gasteiger partial charge < -0.3 is 0 Å². The van der Waals surface area contributed by atoms with Crippen molar-refractivity contribution in [2.75, 3.05) is 0 Å². The number of benzene rings is 1. The zero-order valence-electron chi connectivity index (χ0n) is 15.5. The number of aromatic nitrogens is 2. The largest absolute Gasteiger partial charge is 0.293 e. The van der Waals surface area contributed by atoms with Crippen molar-refractivity contribution in [2.45, 2.75) is 57.2 Å². The molecule has 0 bridgehead atoms. The summed E-state index contributed by atoms with van der Waals surface area (Å²) < 4.78 is 0. The Hall–Kier alpha value is -1.72. The first-order chi connectivity index (χ1) is 12.4. The van der Waals surface area contributed by atoms with E-state index in [0.717, 1.165) is 39.5 Å². The van der Waals surface area contributed by atoms with Crippen LogP contribution in [0, 0.1) is 20.8 Å². The van der Waals surface area contributed by atoms with Crippen molar-refractivity contribution in [3.05, 3.63) is 51.2 Å². The summed E-state index contributed by atoms with van der Waals surface area (Å²) in [7, 11) is 0. The van der Waals surface area contributed by atoms with Gasteiger partial charge in [-0.1, -0.05) is 23.9 Å². The Labute approximate surface area is 162 Å². The molecule has 2 aromatic heterocycles. The van der Waals surface area contributed by atoms with Gasteiger partial charge in [-0.05, 0) is 69.7 Å². The number of hydrogen-bond acceptors (Lipinski definition) is 5. The molecule has 0 spiro atoms. The summed E-state index contributed by atoms with van der Waals surface area (Å²) in [5, 5.41) is 1.86. The van der Waals surface area contributed by atoms with Crippen molar-refractivity contribution in [1.82, 2.24) is 9.97 Å². The van der Waals surface area contributed by atoms with Crippen LogP contribution in [-0.2, 0) is 12.8 Å². The quantitative estimate of drug-likeness (QED) is 0.341. The van der Waals surface area contributed by atoms with Crippen LogP contribution in [0.2, 0.25) is 0 Å². The molecule has 134 valence electrons. The van der Waals surface area contributed by atoms with E-state index in [-0.39, 0.29) is 11.0 Å². The van der Waals surface area contributed by atoms with Crippen molar-refractivity contribution in [1.29, 1.82) is 0 Å². The normalized spacial score (nSPS) is 14.6. The molecule has 0 radical (unpaired) electrons. The van der Waals surface area contributed by atoms with Gasteiger partial charge in [-0.25, -0.2) is 9.97 Å². The van der Waals surface area contributed by atoms with Gasteiger partial charge in [0.25, 0.3) is 0 Å². The zero-order chi connectivity index (χ0) is 18.4. The minimum absolute atomic E-state index is 0.174. The second-order valence-electron chi connectivity index (χ2n) is 7.00. The summed E-state index contributed by atoms with van der Waals surface area (Å²) >= 11 is 3.26. The second-order valence-corrected chi connectivity index (χ2v) is 9.53. The summed E-state index contributed by atoms with van der Waals surface area (Å²) in [4.78, 5) is 24.5. The third kappa shape index (κ3) is 3.08. The maximum absolute atomic E-state index is 13.0. The SMILES string of the molecule is Cc1nc(S[C@@H](C)C(=O)c2ccc3c(c2)CCC3)c2c(C)c(C)sc2n1. The molecular weight excluding hydrogens is 360 g/mol. The standard InChI is InChI=1S/C21H22N2OS2/c1-11-12(2)25-20-18(11)21(23-14(4)22-20)26-13(3)19(24)17-9-8-15-6-5-7-16(15)10-17/h8-10,13H,5-7H2,1-4H3/t13-/m0/s1. The Morgan fingerprint density at radius 3 is 2.73 bits per heavy atom. The third-order valence-electron chi connectivity index (χ3n) is 5.15. The molecule has 1 aliphatic rings. The van der Waals surface area contributed by atoms with Crippen LogP contribution in [0.5, 0.6) is 0 Å². The van der Waals surface area contributed by atoms with E-state index in [9.17, 15) is 4.79 Å². The molecule has 4 rings (SSSR count). The molecule has 0 saturated carbocycles. The Kier molecular flexibility index (Phi) is 4.61. The van der Waals surface area contributed by atoms with E-state index in [1.165, 1.54) is 28.0 Å². The fourth-order valence-electron chi connectivity index (χ4n) is 3.58. The van der Waals surface area contributed by atoms with Gasteiger partial charge in [0.15, 0.2) is 5.78 Å². The lowest BCUT2D eigenvalue weighted by atomic mass is 10.0. The molecule has 1 aromatic carbocycles. The number of aryl methyl sites for hydroxylation is 5. The summed E-state index contributed by atoms with van der Waals surface area (Å²) in [6.45, 7) is 8.13. The maximum atomic E-state index is 13.0. The Morgan fingerprint density at radius 2 is 1.92 bits per heavy atom. The average molecular weight is 383 g/mol. The molecule has 0 fully saturated rings. The Morgan fingerprint density at radius 1 is 1.15 bits per heavy atom. The minimum Gasteiger partial charge on any atom is -0.293 e. The van der Waals surface area contributed by atoms with Crippen molar-refractivity contribution in [3.63, 3.8) is 0 Å². The van der Waals surface area contributed by atoms with E-state index < -0.39 is 0 Å². The second kappa shape index (κ2) is 6.78. The van der Waals surface area contributed by atoms with Crippen LogP contribution in [0.1, 0.15) is 51.1 Å². The molecule has 1 atom stereocenters. The number of hydrogen-bond donors (Lipinski definition) is 0. The molecule has 3 aromatic rings. The van der Waals surface area contributed by atoms with Crippen molar-refractivity contribution in [3.8, 4) is 0 Å². The molecule has 3 nitrogen and oxygen atoms in total. The van der Waals surface area contributed by atoms with E-state index in [2.05, 4.69) is 35.9 Å². The number of thiophene rings is 1. The monoisotopic (exact) mass is 382 g/mol. The molecule has 0 unspecified atom stereocenters. The first-order valence-electron chi connectivity index (χ1n) is 9.01. The van der Waals surface area contributed by atoms with Crippen LogP contribution >= 0.6 is 23.1 Å². The molecule has 0 amide bonds. The average Bonchev–Trinajstić information content (AvgIpc) is 3.18. The van der Waals surface area contributed by atoms with Crippen LogP contribution in [0.3, 0.4) is 0 Å². The number of fused-ring (bicyclic) bond motifs is 2. The topological polar surface area (TPSA) is 42.9 Å². The number of thioether (sulfide) groups is 1. The summed E-state index contributed by atoms with van der Waals surface area (Å²) in [6, 6.07) is 6.22. The van der Waals surface area contributed by atoms with Gasteiger partial charge in [-0.2, -0.15) is 0 Å². The maximum Gasteiger partial charge on any atom is 0.175 e. The molecule has 5 heteroatoms. The summed E-state index contributed by atoms with van der Waals surface area (Å²) in [6.07, 6.45) is 3.44. The zero-order valence-corrected chi connectivity index (χ0v) is 17.2. The number of Topliss-reactive ketones (excluding diaryl/α,β-unsaturated/α-hetero) is 1. The smallest absolute Gasteiger partial charge is 0.175 e. The van der Waals surface area contributed by atoms with E-state index in [4.69, 9.17) is 0 Å². The lowest BCUT2D eigenvalue weighted by molar-refractivity contribution is 0.0994. The molecular formula is C21H22N2OS2. The van der Waals surface area contributed by atoms with Gasteiger partial charge in [0.2, 0.25) is 0 Å². The number of ketones is 1. The summed E-state index contributed by atoms with van der Waals surface area (Å²) in [5.41, 5.74) is 4.80. The first-order valence-corrected chi connectivity index (χ1v) is 10.7. The summed E-state index contributed by atoms with van der Waals surface area (Å²) in [5.74, 6) is 0.942. The van der Waals surface area contributed by atoms with Gasteiger partial charge in [-0.3, -0.25) is 4.79 Å². The van der Waals surface area contributed by atoms with Gasteiger partial charge in [0, 0.05) is 15.8 Å². The van der Waals surface area contributed by atoms with Gasteiger partial charge in [0.1, 0.15) is 15.7 Å². The van der Waals surface area contributed by atoms with Crippen LogP contribution in [-0.4, -0.2) is 21.0 Å². The highest BCUT2D eigenvalue weighted by atomic mass is 32.2. The van der Waals surface area contributed by atoms with E-state index in [1.54, 1.807) is 23.1 Å². The number of nitrogens with zero attached hydrogens (tertiary/aromatic N) is 2. The van der Waals surface area contributed by atoms with E-state index >= 15 is 0 Å². The Balaban J connectivity index is 1.65. The van der Waals surface area contributed by atoms with E-state index in [1.807, 2.05) is 19.9 Å². The van der Waals surface area contributed by atoms with Crippen LogP contribution in [0.4, 0.5) is 0 Å². The number of carbonyl (C=O) groups is 1. The number of carbonyl (C=O) groups excluding carboxylic acids is 1. The lowest BCUT2D eigenvalue weighted by Gasteiger charge is -2.12. The highest BCUT2D eigenvalue weighted by molar-refractivity contribution is 8.00. The van der Waals surface area contributed by atoms with Crippen molar-refractivity contribution < 1.29 is 4.79 Å². The van der Waals surface area contributed by atoms with Crippen LogP contribution in [0.15, 0.2) is 23.2 Å².